The predicted octanol–water partition coefficient (Wildman–Crippen LogP) is 4.36. The van der Waals surface area contributed by atoms with Crippen molar-refractivity contribution in [1.82, 2.24) is 0 Å². The lowest BCUT2D eigenvalue weighted by molar-refractivity contribution is 0.348. The van der Waals surface area contributed by atoms with Gasteiger partial charge < -0.3 is 5.11 Å². The van der Waals surface area contributed by atoms with Crippen molar-refractivity contribution >= 4 is 14.0 Å². The monoisotopic (exact) mass is 310 g/mol. The van der Waals surface area contributed by atoms with Gasteiger partial charge >= 0.3 is 0 Å². The highest BCUT2D eigenvalue weighted by molar-refractivity contribution is 6.73. The average Bonchev–Trinajstić information content (AvgIpc) is 2.57. The second-order valence-corrected chi connectivity index (χ2v) is 9.98. The predicted molar refractivity (Wildman–Crippen MR) is 96.8 cm³/mol. The topological polar surface area (TPSA) is 20.2 Å². The second kappa shape index (κ2) is 6.70. The molecule has 0 saturated carbocycles. The molecule has 0 radical (unpaired) electrons. The minimum atomic E-state index is -0.847. The van der Waals surface area contributed by atoms with E-state index in [1.54, 1.807) is 5.56 Å². The second-order valence-electron chi connectivity index (χ2n) is 6.76. The lowest BCUT2D eigenvalue weighted by Crippen LogP contribution is -2.40. The van der Waals surface area contributed by atoms with Crippen LogP contribution in [0.25, 0.3) is 0 Å². The van der Waals surface area contributed by atoms with Crippen LogP contribution in [0.2, 0.25) is 12.1 Å². The molecular weight excluding hydrogens is 284 g/mol. The molecule has 2 aromatic carbocycles. The minimum Gasteiger partial charge on any atom is -0.508 e. The van der Waals surface area contributed by atoms with Gasteiger partial charge in [-0.1, -0.05) is 73.1 Å². The van der Waals surface area contributed by atoms with Gasteiger partial charge in [0.1, 0.15) is 5.75 Å². The van der Waals surface area contributed by atoms with Crippen LogP contribution in [0.15, 0.2) is 54.6 Å². The molecule has 116 valence electrons. The molecule has 0 aliphatic carbocycles. The Bertz CT molecular complexity index is 583. The molecule has 22 heavy (non-hydrogen) atoms. The Labute approximate surface area is 135 Å². The van der Waals surface area contributed by atoms with Crippen LogP contribution in [0.5, 0.6) is 5.75 Å². The highest BCUT2D eigenvalue weighted by Crippen LogP contribution is 2.43. The third kappa shape index (κ3) is 3.12. The summed E-state index contributed by atoms with van der Waals surface area (Å²) < 4.78 is 0. The quantitative estimate of drug-likeness (QED) is 0.832. The SMILES string of the molecule is CCCC1(c2ccccc2)CC[SiH](c2ccc(O)cc2)CC1. The molecule has 0 aromatic heterocycles. The van der Waals surface area contributed by atoms with Crippen molar-refractivity contribution in [2.75, 3.05) is 0 Å². The Balaban J connectivity index is 1.76. The first kappa shape index (κ1) is 15.4. The molecular formula is C20H26OSi. The maximum Gasteiger partial charge on any atom is 0.115 e. The van der Waals surface area contributed by atoms with Gasteiger partial charge in [-0.25, -0.2) is 0 Å². The zero-order chi connectivity index (χ0) is 15.4. The van der Waals surface area contributed by atoms with Crippen molar-refractivity contribution < 1.29 is 5.11 Å². The van der Waals surface area contributed by atoms with E-state index in [0.717, 1.165) is 0 Å². The highest BCUT2D eigenvalue weighted by Gasteiger charge is 2.36. The molecule has 1 saturated heterocycles. The van der Waals surface area contributed by atoms with E-state index < -0.39 is 8.80 Å². The summed E-state index contributed by atoms with van der Waals surface area (Å²) in [7, 11) is -0.847. The van der Waals surface area contributed by atoms with Crippen LogP contribution < -0.4 is 5.19 Å². The number of phenolic OH excluding ortho intramolecular Hbond substituents is 1. The summed E-state index contributed by atoms with van der Waals surface area (Å²) in [4.78, 5) is 0. The van der Waals surface area contributed by atoms with Crippen molar-refractivity contribution in [3.63, 3.8) is 0 Å². The van der Waals surface area contributed by atoms with E-state index in [1.807, 2.05) is 12.1 Å². The van der Waals surface area contributed by atoms with E-state index in [9.17, 15) is 5.11 Å². The number of hydrogen-bond acceptors (Lipinski definition) is 1. The molecule has 1 heterocycles. The Morgan fingerprint density at radius 1 is 0.955 bits per heavy atom. The molecule has 2 aromatic rings. The standard InChI is InChI=1S/C20H26OSi/c1-2-12-20(17-6-4-3-5-7-17)13-15-22(16-14-20)19-10-8-18(21)9-11-19/h3-11,21-22H,2,12-16H2,1H3. The number of benzene rings is 2. The molecule has 0 unspecified atom stereocenters. The van der Waals surface area contributed by atoms with Gasteiger partial charge in [0.25, 0.3) is 0 Å². The summed E-state index contributed by atoms with van der Waals surface area (Å²) in [6.07, 6.45) is 5.25. The lowest BCUT2D eigenvalue weighted by Gasteiger charge is -2.40. The minimum absolute atomic E-state index is 0.387. The van der Waals surface area contributed by atoms with Crippen molar-refractivity contribution in [2.24, 2.45) is 0 Å². The van der Waals surface area contributed by atoms with Crippen LogP contribution in [-0.2, 0) is 5.41 Å². The fourth-order valence-electron chi connectivity index (χ4n) is 4.20. The molecule has 1 N–H and O–H groups in total. The number of aromatic hydroxyl groups is 1. The third-order valence-electron chi connectivity index (χ3n) is 5.42. The highest BCUT2D eigenvalue weighted by atomic mass is 28.3. The van der Waals surface area contributed by atoms with E-state index in [-0.39, 0.29) is 0 Å². The largest absolute Gasteiger partial charge is 0.508 e. The molecule has 3 rings (SSSR count). The van der Waals surface area contributed by atoms with Gasteiger partial charge in [-0.2, -0.15) is 0 Å². The zero-order valence-corrected chi connectivity index (χ0v) is 14.6. The fraction of sp³-hybridized carbons (Fsp3) is 0.400. The average molecular weight is 311 g/mol. The smallest absolute Gasteiger partial charge is 0.115 e. The first-order chi connectivity index (χ1) is 10.7. The van der Waals surface area contributed by atoms with Crippen molar-refractivity contribution in [3.05, 3.63) is 60.2 Å². The Morgan fingerprint density at radius 3 is 2.18 bits per heavy atom. The zero-order valence-electron chi connectivity index (χ0n) is 13.5. The van der Waals surface area contributed by atoms with E-state index in [1.165, 1.54) is 43.0 Å². The van der Waals surface area contributed by atoms with Gasteiger partial charge in [0.15, 0.2) is 0 Å². The summed E-state index contributed by atoms with van der Waals surface area (Å²) >= 11 is 0. The van der Waals surface area contributed by atoms with Crippen LogP contribution >= 0.6 is 0 Å². The number of phenols is 1. The molecule has 1 aliphatic rings. The summed E-state index contributed by atoms with van der Waals surface area (Å²) in [6.45, 7) is 2.31. The van der Waals surface area contributed by atoms with Crippen LogP contribution in [0.4, 0.5) is 0 Å². The molecule has 0 spiro atoms. The van der Waals surface area contributed by atoms with Gasteiger partial charge in [-0.3, -0.25) is 0 Å². The summed E-state index contributed by atoms with van der Waals surface area (Å²) in [5.74, 6) is 0.387. The van der Waals surface area contributed by atoms with Crippen molar-refractivity contribution in [3.8, 4) is 5.75 Å². The van der Waals surface area contributed by atoms with Crippen LogP contribution in [-0.4, -0.2) is 13.9 Å². The third-order valence-corrected chi connectivity index (χ3v) is 8.72. The Hall–Kier alpha value is -1.54. The van der Waals surface area contributed by atoms with Crippen LogP contribution in [0.1, 0.15) is 38.2 Å². The lowest BCUT2D eigenvalue weighted by atomic mass is 9.72. The molecule has 0 bridgehead atoms. The van der Waals surface area contributed by atoms with E-state index in [4.69, 9.17) is 0 Å². The normalized spacial score (nSPS) is 25.0. The molecule has 1 nitrogen and oxygen atoms in total. The van der Waals surface area contributed by atoms with Crippen molar-refractivity contribution in [2.45, 2.75) is 50.1 Å². The number of hydrogen-bond donors (Lipinski definition) is 1. The Kier molecular flexibility index (Phi) is 4.68. The molecule has 1 aliphatic heterocycles. The van der Waals surface area contributed by atoms with Gasteiger partial charge in [0.05, 0.1) is 8.80 Å². The van der Waals surface area contributed by atoms with Crippen LogP contribution in [0, 0.1) is 0 Å². The summed E-state index contributed by atoms with van der Waals surface area (Å²) in [5, 5.41) is 11.0. The van der Waals surface area contributed by atoms with E-state index >= 15 is 0 Å². The van der Waals surface area contributed by atoms with Gasteiger partial charge in [0.2, 0.25) is 0 Å². The number of rotatable bonds is 4. The van der Waals surface area contributed by atoms with E-state index in [0.29, 0.717) is 11.2 Å². The Morgan fingerprint density at radius 2 is 1.59 bits per heavy atom. The fourth-order valence-corrected chi connectivity index (χ4v) is 7.70. The van der Waals surface area contributed by atoms with Gasteiger partial charge in [-0.15, -0.1) is 0 Å². The molecule has 1 fully saturated rings. The van der Waals surface area contributed by atoms with Gasteiger partial charge in [-0.05, 0) is 42.4 Å². The molecule has 2 heteroatoms. The maximum atomic E-state index is 9.47. The molecule has 0 amide bonds. The maximum absolute atomic E-state index is 9.47. The van der Waals surface area contributed by atoms with Crippen molar-refractivity contribution in [1.29, 1.82) is 0 Å². The first-order valence-corrected chi connectivity index (χ1v) is 10.8. The van der Waals surface area contributed by atoms with Gasteiger partial charge in [0, 0.05) is 0 Å². The summed E-state index contributed by atoms with van der Waals surface area (Å²) in [6, 6.07) is 22.0. The molecule has 0 atom stereocenters. The van der Waals surface area contributed by atoms with Crippen LogP contribution in [0.3, 0.4) is 0 Å². The first-order valence-electron chi connectivity index (χ1n) is 8.58. The summed E-state index contributed by atoms with van der Waals surface area (Å²) in [5.41, 5.74) is 1.96. The van der Waals surface area contributed by atoms with E-state index in [2.05, 4.69) is 49.4 Å².